The molecule has 0 fully saturated rings. The SMILES string of the molecule is CCCCCCC/C=C\C/C=C\CCCCCCCCCCCCCC(=O)NC(COP(=O)(O)OCC[N+](C)(C)C)C(O)/C=C/CCCCCCCCCCCCCCC. The lowest BCUT2D eigenvalue weighted by Crippen LogP contribution is -2.45. The summed E-state index contributed by atoms with van der Waals surface area (Å²) in [6.07, 6.45) is 53.6. The Morgan fingerprint density at radius 1 is 0.567 bits per heavy atom. The maximum Gasteiger partial charge on any atom is 0.472 e. The van der Waals surface area contributed by atoms with Crippen LogP contribution in [0, 0.1) is 0 Å². The highest BCUT2D eigenvalue weighted by molar-refractivity contribution is 7.47. The van der Waals surface area contributed by atoms with Gasteiger partial charge in [-0.05, 0) is 51.4 Å². The van der Waals surface area contributed by atoms with Crippen LogP contribution in [0.3, 0.4) is 0 Å². The summed E-state index contributed by atoms with van der Waals surface area (Å²) in [5.41, 5.74) is 0. The first kappa shape index (κ1) is 58.7. The molecular weight excluding hydrogens is 768 g/mol. The van der Waals surface area contributed by atoms with Crippen molar-refractivity contribution in [3.8, 4) is 0 Å². The van der Waals surface area contributed by atoms with Crippen LogP contribution in [-0.2, 0) is 18.4 Å². The molecule has 0 saturated carbocycles. The Bertz CT molecular complexity index is 1070. The maximum atomic E-state index is 12.9. The van der Waals surface area contributed by atoms with Gasteiger partial charge in [-0.25, -0.2) is 4.57 Å². The van der Waals surface area contributed by atoms with Crippen molar-refractivity contribution in [3.63, 3.8) is 0 Å². The van der Waals surface area contributed by atoms with Crippen LogP contribution in [-0.4, -0.2) is 73.4 Å². The van der Waals surface area contributed by atoms with Gasteiger partial charge in [0.05, 0.1) is 39.9 Å². The Kier molecular flexibility index (Phi) is 42.1. The number of rotatable bonds is 46. The van der Waals surface area contributed by atoms with Crippen LogP contribution in [0.2, 0.25) is 0 Å². The molecule has 0 radical (unpaired) electrons. The maximum absolute atomic E-state index is 12.9. The summed E-state index contributed by atoms with van der Waals surface area (Å²) in [6.45, 7) is 4.81. The summed E-state index contributed by atoms with van der Waals surface area (Å²) in [5, 5.41) is 13.9. The molecule has 1 amide bonds. The summed E-state index contributed by atoms with van der Waals surface area (Å²) in [4.78, 5) is 23.2. The van der Waals surface area contributed by atoms with E-state index in [0.29, 0.717) is 17.4 Å². The van der Waals surface area contributed by atoms with Crippen molar-refractivity contribution in [2.24, 2.45) is 0 Å². The first-order valence-corrected chi connectivity index (χ1v) is 26.9. The highest BCUT2D eigenvalue weighted by atomic mass is 31.2. The van der Waals surface area contributed by atoms with E-state index in [-0.39, 0.29) is 19.1 Å². The molecule has 0 saturated heterocycles. The number of allylic oxidation sites excluding steroid dienone is 5. The van der Waals surface area contributed by atoms with Crippen molar-refractivity contribution in [1.82, 2.24) is 5.32 Å². The number of nitrogens with one attached hydrogen (secondary N) is 1. The Morgan fingerprint density at radius 3 is 1.37 bits per heavy atom. The van der Waals surface area contributed by atoms with Crippen molar-refractivity contribution in [2.45, 2.75) is 244 Å². The molecule has 0 aromatic carbocycles. The number of phosphoric ester groups is 1. The van der Waals surface area contributed by atoms with Gasteiger partial charge in [-0.2, -0.15) is 0 Å². The second-order valence-electron chi connectivity index (χ2n) is 18.5. The van der Waals surface area contributed by atoms with Gasteiger partial charge in [0.25, 0.3) is 0 Å². The molecule has 3 N–H and O–H groups in total. The lowest BCUT2D eigenvalue weighted by Gasteiger charge is -2.25. The zero-order valence-corrected chi connectivity index (χ0v) is 41.1. The number of carbonyl (C=O) groups is 1. The van der Waals surface area contributed by atoms with E-state index in [1.54, 1.807) is 6.08 Å². The predicted octanol–water partition coefficient (Wildman–Crippen LogP) is 14.6. The summed E-state index contributed by atoms with van der Waals surface area (Å²) in [6, 6.07) is -0.846. The second-order valence-corrected chi connectivity index (χ2v) is 20.0. The fraction of sp³-hybridized carbons (Fsp3) is 0.863. The number of carbonyl (C=O) groups excluding carboxylic acids is 1. The molecule has 0 aliphatic heterocycles. The van der Waals surface area contributed by atoms with E-state index in [4.69, 9.17) is 9.05 Å². The van der Waals surface area contributed by atoms with E-state index in [1.165, 1.54) is 167 Å². The van der Waals surface area contributed by atoms with E-state index in [9.17, 15) is 19.4 Å². The second kappa shape index (κ2) is 43.0. The molecule has 3 unspecified atom stereocenters. The van der Waals surface area contributed by atoms with Crippen molar-refractivity contribution >= 4 is 13.7 Å². The molecule has 0 heterocycles. The highest BCUT2D eigenvalue weighted by Crippen LogP contribution is 2.43. The van der Waals surface area contributed by atoms with Crippen LogP contribution >= 0.6 is 7.82 Å². The van der Waals surface area contributed by atoms with E-state index in [1.807, 2.05) is 27.2 Å². The van der Waals surface area contributed by atoms with E-state index < -0.39 is 20.0 Å². The average molecular weight is 868 g/mol. The van der Waals surface area contributed by atoms with Gasteiger partial charge in [0.15, 0.2) is 0 Å². The Balaban J connectivity index is 4.28. The Morgan fingerprint density at radius 2 is 0.950 bits per heavy atom. The van der Waals surface area contributed by atoms with Gasteiger partial charge in [0.2, 0.25) is 5.91 Å². The van der Waals surface area contributed by atoms with Crippen LogP contribution in [0.25, 0.3) is 0 Å². The molecular formula is C51H100N2O6P+. The normalized spacial score (nSPS) is 14.4. The first-order chi connectivity index (χ1) is 29.0. The predicted molar refractivity (Wildman–Crippen MR) is 258 cm³/mol. The number of nitrogens with zero attached hydrogens (tertiary/aromatic N) is 1. The Labute approximate surface area is 372 Å². The molecule has 0 aliphatic carbocycles. The van der Waals surface area contributed by atoms with Gasteiger partial charge in [0, 0.05) is 6.42 Å². The number of aliphatic hydroxyl groups is 1. The van der Waals surface area contributed by atoms with Gasteiger partial charge in [-0.3, -0.25) is 13.8 Å². The van der Waals surface area contributed by atoms with Crippen LogP contribution in [0.1, 0.15) is 232 Å². The number of hydrogen-bond donors (Lipinski definition) is 3. The third-order valence-corrected chi connectivity index (χ3v) is 12.3. The number of quaternary nitrogens is 1. The topological polar surface area (TPSA) is 105 Å². The van der Waals surface area contributed by atoms with Crippen molar-refractivity contribution in [2.75, 3.05) is 40.9 Å². The molecule has 60 heavy (non-hydrogen) atoms. The number of likely N-dealkylation sites (N-methyl/N-ethyl adjacent to an activating group) is 1. The lowest BCUT2D eigenvalue weighted by atomic mass is 10.0. The largest absolute Gasteiger partial charge is 0.472 e. The quantitative estimate of drug-likeness (QED) is 0.0244. The standard InChI is InChI=1S/C51H99N2O6P/c1-6-8-10-12-14-16-18-20-22-23-24-25-26-27-28-29-31-33-35-37-39-41-43-45-51(55)52-49(48-59-60(56,57)58-47-46-53(3,4)5)50(54)44-42-40-38-36-34-32-30-21-19-17-15-13-11-9-7-2/h18,20,23-24,42,44,49-50,54H,6-17,19,21-22,25-41,43,45-48H2,1-5H3,(H-,52,55,56,57)/p+1/b20-18-,24-23-,44-42+. The van der Waals surface area contributed by atoms with Crippen molar-refractivity contribution < 1.29 is 32.9 Å². The van der Waals surface area contributed by atoms with Crippen LogP contribution in [0.5, 0.6) is 0 Å². The summed E-state index contributed by atoms with van der Waals surface area (Å²) in [7, 11) is 1.57. The first-order valence-electron chi connectivity index (χ1n) is 25.4. The molecule has 354 valence electrons. The summed E-state index contributed by atoms with van der Waals surface area (Å²) >= 11 is 0. The molecule has 3 atom stereocenters. The number of hydrogen-bond acceptors (Lipinski definition) is 5. The molecule has 0 aromatic heterocycles. The van der Waals surface area contributed by atoms with Crippen molar-refractivity contribution in [3.05, 3.63) is 36.5 Å². The molecule has 8 nitrogen and oxygen atoms in total. The fourth-order valence-electron chi connectivity index (χ4n) is 7.31. The minimum atomic E-state index is -4.34. The third kappa shape index (κ3) is 44.8. The van der Waals surface area contributed by atoms with Gasteiger partial charge in [0.1, 0.15) is 13.2 Å². The molecule has 0 rings (SSSR count). The number of aliphatic hydroxyl groups excluding tert-OH is 1. The Hall–Kier alpha value is -1.28. The van der Waals surface area contributed by atoms with Crippen LogP contribution in [0.4, 0.5) is 0 Å². The zero-order chi connectivity index (χ0) is 44.3. The average Bonchev–Trinajstić information content (AvgIpc) is 3.20. The van der Waals surface area contributed by atoms with E-state index in [2.05, 4.69) is 43.5 Å². The van der Waals surface area contributed by atoms with Gasteiger partial charge < -0.3 is 19.8 Å². The zero-order valence-electron chi connectivity index (χ0n) is 40.2. The molecule has 0 spiro atoms. The van der Waals surface area contributed by atoms with Gasteiger partial charge >= 0.3 is 7.82 Å². The number of amides is 1. The minimum Gasteiger partial charge on any atom is -0.387 e. The third-order valence-electron chi connectivity index (χ3n) is 11.4. The van der Waals surface area contributed by atoms with Gasteiger partial charge in [-0.1, -0.05) is 211 Å². The van der Waals surface area contributed by atoms with Crippen LogP contribution in [0.15, 0.2) is 36.5 Å². The number of unbranched alkanes of at least 4 members (excludes halogenated alkanes) is 29. The van der Waals surface area contributed by atoms with Crippen molar-refractivity contribution in [1.29, 1.82) is 0 Å². The fourth-order valence-corrected chi connectivity index (χ4v) is 8.04. The lowest BCUT2D eigenvalue weighted by molar-refractivity contribution is -0.870. The molecule has 0 bridgehead atoms. The summed E-state index contributed by atoms with van der Waals surface area (Å²) < 4.78 is 23.6. The van der Waals surface area contributed by atoms with Crippen LogP contribution < -0.4 is 5.32 Å². The van der Waals surface area contributed by atoms with E-state index >= 15 is 0 Å². The number of phosphoric acid groups is 1. The van der Waals surface area contributed by atoms with E-state index in [0.717, 1.165) is 44.9 Å². The minimum absolute atomic E-state index is 0.0614. The molecule has 0 aliphatic rings. The summed E-state index contributed by atoms with van der Waals surface area (Å²) in [5.74, 6) is -0.179. The molecule has 0 aromatic rings. The smallest absolute Gasteiger partial charge is 0.387 e. The molecule has 9 heteroatoms. The monoisotopic (exact) mass is 868 g/mol. The highest BCUT2D eigenvalue weighted by Gasteiger charge is 2.27. The van der Waals surface area contributed by atoms with Gasteiger partial charge in [-0.15, -0.1) is 0 Å².